The molecular formula is C16H14N2O3. The molecule has 0 bridgehead atoms. The lowest BCUT2D eigenvalue weighted by Gasteiger charge is -2.03. The number of aromatic nitrogens is 2. The highest BCUT2D eigenvalue weighted by atomic mass is 16.5. The maximum absolute atomic E-state index is 11.5. The van der Waals surface area contributed by atoms with Crippen molar-refractivity contribution in [2.24, 2.45) is 0 Å². The molecule has 0 fully saturated rings. The van der Waals surface area contributed by atoms with E-state index < -0.39 is 5.97 Å². The van der Waals surface area contributed by atoms with E-state index in [4.69, 9.17) is 9.26 Å². The van der Waals surface area contributed by atoms with Gasteiger partial charge in [-0.25, -0.2) is 4.79 Å². The predicted octanol–water partition coefficient (Wildman–Crippen LogP) is 2.99. The first-order chi connectivity index (χ1) is 10.3. The van der Waals surface area contributed by atoms with E-state index in [9.17, 15) is 4.79 Å². The van der Waals surface area contributed by atoms with E-state index in [0.717, 1.165) is 16.3 Å². The van der Waals surface area contributed by atoms with Gasteiger partial charge in [-0.1, -0.05) is 42.5 Å². The van der Waals surface area contributed by atoms with E-state index in [1.165, 1.54) is 0 Å². The van der Waals surface area contributed by atoms with Crippen LogP contribution < -0.4 is 0 Å². The van der Waals surface area contributed by atoms with Crippen molar-refractivity contribution in [3.8, 4) is 0 Å². The van der Waals surface area contributed by atoms with Crippen molar-refractivity contribution >= 4 is 16.7 Å². The summed E-state index contributed by atoms with van der Waals surface area (Å²) in [5.41, 5.74) is 1.08. The van der Waals surface area contributed by atoms with Crippen LogP contribution in [0.4, 0.5) is 0 Å². The number of nitrogens with zero attached hydrogens (tertiary/aromatic N) is 2. The Morgan fingerprint density at radius 3 is 2.86 bits per heavy atom. The van der Waals surface area contributed by atoms with Crippen LogP contribution in [0.5, 0.6) is 0 Å². The Bertz CT molecular complexity index is 775. The standard InChI is InChI=1S/C16H14N2O3/c1-2-20-16(19)15-17-14(21-18-15)10-12-8-5-7-11-6-3-4-9-13(11)12/h3-9H,2,10H2,1H3. The van der Waals surface area contributed by atoms with E-state index in [1.54, 1.807) is 6.92 Å². The summed E-state index contributed by atoms with van der Waals surface area (Å²) >= 11 is 0. The van der Waals surface area contributed by atoms with Gasteiger partial charge in [-0.15, -0.1) is 0 Å². The summed E-state index contributed by atoms with van der Waals surface area (Å²) in [6, 6.07) is 14.1. The predicted molar refractivity (Wildman–Crippen MR) is 77.0 cm³/mol. The summed E-state index contributed by atoms with van der Waals surface area (Å²) in [6.45, 7) is 2.01. The van der Waals surface area contributed by atoms with Gasteiger partial charge in [0.25, 0.3) is 5.82 Å². The minimum atomic E-state index is -0.564. The van der Waals surface area contributed by atoms with Crippen LogP contribution in [-0.2, 0) is 11.2 Å². The number of fused-ring (bicyclic) bond motifs is 1. The van der Waals surface area contributed by atoms with E-state index in [0.29, 0.717) is 12.3 Å². The molecule has 1 heterocycles. The number of hydrogen-bond donors (Lipinski definition) is 0. The van der Waals surface area contributed by atoms with Crippen LogP contribution in [0.15, 0.2) is 47.0 Å². The Hall–Kier alpha value is -2.69. The lowest BCUT2D eigenvalue weighted by atomic mass is 10.0. The molecule has 106 valence electrons. The molecule has 0 radical (unpaired) electrons. The van der Waals surface area contributed by atoms with E-state index in [2.05, 4.69) is 22.3 Å². The summed E-state index contributed by atoms with van der Waals surface area (Å²) in [4.78, 5) is 15.6. The first-order valence-electron chi connectivity index (χ1n) is 6.74. The number of carbonyl (C=O) groups excluding carboxylic acids is 1. The maximum Gasteiger partial charge on any atom is 0.379 e. The summed E-state index contributed by atoms with van der Waals surface area (Å²) in [6.07, 6.45) is 0.480. The van der Waals surface area contributed by atoms with Crippen molar-refractivity contribution in [1.82, 2.24) is 10.1 Å². The number of hydrogen-bond acceptors (Lipinski definition) is 5. The van der Waals surface area contributed by atoms with E-state index >= 15 is 0 Å². The molecule has 21 heavy (non-hydrogen) atoms. The van der Waals surface area contributed by atoms with Crippen LogP contribution in [0.1, 0.15) is 29.0 Å². The molecule has 5 nitrogen and oxygen atoms in total. The highest BCUT2D eigenvalue weighted by Gasteiger charge is 2.16. The second-order valence-electron chi connectivity index (χ2n) is 4.55. The third kappa shape index (κ3) is 2.76. The van der Waals surface area contributed by atoms with Gasteiger partial charge < -0.3 is 9.26 Å². The third-order valence-corrected chi connectivity index (χ3v) is 3.15. The number of benzene rings is 2. The van der Waals surface area contributed by atoms with E-state index in [-0.39, 0.29) is 12.4 Å². The van der Waals surface area contributed by atoms with Gasteiger partial charge in [0.05, 0.1) is 13.0 Å². The van der Waals surface area contributed by atoms with Gasteiger partial charge in [-0.05, 0) is 28.4 Å². The number of esters is 1. The molecule has 0 aliphatic carbocycles. The monoisotopic (exact) mass is 282 g/mol. The van der Waals surface area contributed by atoms with Gasteiger partial charge in [0.1, 0.15) is 0 Å². The zero-order chi connectivity index (χ0) is 14.7. The summed E-state index contributed by atoms with van der Waals surface area (Å²) in [5.74, 6) is -0.202. The quantitative estimate of drug-likeness (QED) is 0.688. The molecular weight excluding hydrogens is 268 g/mol. The van der Waals surface area contributed by atoms with Crippen LogP contribution in [0.25, 0.3) is 10.8 Å². The average molecular weight is 282 g/mol. The van der Waals surface area contributed by atoms with Crippen molar-refractivity contribution in [3.05, 3.63) is 59.7 Å². The molecule has 3 rings (SSSR count). The summed E-state index contributed by atoms with van der Waals surface area (Å²) < 4.78 is 9.96. The van der Waals surface area contributed by atoms with E-state index in [1.807, 2.05) is 30.3 Å². The van der Waals surface area contributed by atoms with Crippen LogP contribution in [0, 0.1) is 0 Å². The second kappa shape index (κ2) is 5.75. The summed E-state index contributed by atoms with van der Waals surface area (Å²) in [7, 11) is 0. The maximum atomic E-state index is 11.5. The van der Waals surface area contributed by atoms with Gasteiger partial charge in [-0.2, -0.15) is 4.98 Å². The molecule has 1 aromatic heterocycles. The van der Waals surface area contributed by atoms with Crippen molar-refractivity contribution in [1.29, 1.82) is 0 Å². The van der Waals surface area contributed by atoms with Crippen LogP contribution in [0.3, 0.4) is 0 Å². The van der Waals surface area contributed by atoms with Gasteiger partial charge in [-0.3, -0.25) is 0 Å². The highest BCUT2D eigenvalue weighted by Crippen LogP contribution is 2.20. The Balaban J connectivity index is 1.87. The summed E-state index contributed by atoms with van der Waals surface area (Å²) in [5, 5.41) is 5.94. The normalized spacial score (nSPS) is 10.7. The zero-order valence-electron chi connectivity index (χ0n) is 11.6. The SMILES string of the molecule is CCOC(=O)c1noc(Cc2cccc3ccccc23)n1. The largest absolute Gasteiger partial charge is 0.460 e. The molecule has 2 aromatic carbocycles. The Kier molecular flexibility index (Phi) is 3.64. The molecule has 0 atom stereocenters. The minimum absolute atomic E-state index is 0.0351. The van der Waals surface area contributed by atoms with Gasteiger partial charge in [0.2, 0.25) is 5.89 Å². The minimum Gasteiger partial charge on any atom is -0.460 e. The molecule has 0 aliphatic heterocycles. The van der Waals surface area contributed by atoms with Crippen molar-refractivity contribution in [2.75, 3.05) is 6.61 Å². The number of ether oxygens (including phenoxy) is 1. The van der Waals surface area contributed by atoms with Crippen molar-refractivity contribution < 1.29 is 14.1 Å². The molecule has 0 N–H and O–H groups in total. The first kappa shape index (κ1) is 13.3. The van der Waals surface area contributed by atoms with Crippen LogP contribution in [-0.4, -0.2) is 22.7 Å². The van der Waals surface area contributed by atoms with Crippen molar-refractivity contribution in [2.45, 2.75) is 13.3 Å². The Labute approximate surface area is 121 Å². The smallest absolute Gasteiger partial charge is 0.379 e. The van der Waals surface area contributed by atoms with Crippen LogP contribution >= 0.6 is 0 Å². The van der Waals surface area contributed by atoms with Crippen LogP contribution in [0.2, 0.25) is 0 Å². The topological polar surface area (TPSA) is 65.2 Å². The van der Waals surface area contributed by atoms with Gasteiger partial charge in [0, 0.05) is 0 Å². The van der Waals surface area contributed by atoms with Gasteiger partial charge >= 0.3 is 5.97 Å². The lowest BCUT2D eigenvalue weighted by Crippen LogP contribution is -2.06. The Morgan fingerprint density at radius 1 is 1.19 bits per heavy atom. The molecule has 0 unspecified atom stereocenters. The first-order valence-corrected chi connectivity index (χ1v) is 6.74. The molecule has 5 heteroatoms. The second-order valence-corrected chi connectivity index (χ2v) is 4.55. The lowest BCUT2D eigenvalue weighted by molar-refractivity contribution is 0.0508. The fourth-order valence-corrected chi connectivity index (χ4v) is 2.21. The third-order valence-electron chi connectivity index (χ3n) is 3.15. The highest BCUT2D eigenvalue weighted by molar-refractivity contribution is 5.86. The fourth-order valence-electron chi connectivity index (χ4n) is 2.21. The molecule has 0 aliphatic rings. The molecule has 0 saturated carbocycles. The van der Waals surface area contributed by atoms with Crippen molar-refractivity contribution in [3.63, 3.8) is 0 Å². The molecule has 0 amide bonds. The molecule has 3 aromatic rings. The van der Waals surface area contributed by atoms with Gasteiger partial charge in [0.15, 0.2) is 0 Å². The average Bonchev–Trinajstić information content (AvgIpc) is 2.97. The number of carbonyl (C=O) groups is 1. The Morgan fingerprint density at radius 2 is 2.00 bits per heavy atom. The number of rotatable bonds is 4. The molecule has 0 saturated heterocycles. The zero-order valence-corrected chi connectivity index (χ0v) is 11.6. The fraction of sp³-hybridized carbons (Fsp3) is 0.188. The molecule has 0 spiro atoms.